The molecular formula is C14H19F3N2O. The number of nitrogens with zero attached hydrogens (tertiary/aromatic N) is 1. The van der Waals surface area contributed by atoms with Crippen LogP contribution in [0.1, 0.15) is 42.1 Å². The number of unbranched alkanes of at least 4 members (excludes halogenated alkanes) is 2. The number of hydrogen-bond donors (Lipinski definition) is 1. The quantitative estimate of drug-likeness (QED) is 0.665. The van der Waals surface area contributed by atoms with Gasteiger partial charge in [-0.2, -0.15) is 13.2 Å². The van der Waals surface area contributed by atoms with Crippen molar-refractivity contribution in [1.29, 1.82) is 0 Å². The fourth-order valence-electron chi connectivity index (χ4n) is 1.82. The third-order valence-corrected chi connectivity index (χ3v) is 3.05. The highest BCUT2D eigenvalue weighted by molar-refractivity contribution is 5.99. The molecular weight excluding hydrogens is 269 g/mol. The van der Waals surface area contributed by atoms with Crippen LogP contribution in [0.15, 0.2) is 18.2 Å². The topological polar surface area (TPSA) is 46.3 Å². The molecule has 112 valence electrons. The van der Waals surface area contributed by atoms with Crippen LogP contribution in [-0.2, 0) is 6.18 Å². The molecule has 0 atom stereocenters. The standard InChI is InChI=1S/C14H19F3N2O/c1-3-4-5-8-19(2)13(20)11-9-10(14(15,16)17)6-7-12(11)18/h6-7,9H,3-5,8,18H2,1-2H3. The normalized spacial score (nSPS) is 11.4. The molecule has 1 aromatic rings. The molecule has 1 amide bonds. The molecule has 0 aliphatic heterocycles. The Kier molecular flexibility index (Phi) is 5.42. The third-order valence-electron chi connectivity index (χ3n) is 3.05. The summed E-state index contributed by atoms with van der Waals surface area (Å²) in [4.78, 5) is 13.5. The van der Waals surface area contributed by atoms with E-state index < -0.39 is 17.6 Å². The van der Waals surface area contributed by atoms with Gasteiger partial charge in [0.15, 0.2) is 0 Å². The van der Waals surface area contributed by atoms with Crippen molar-refractivity contribution in [2.75, 3.05) is 19.3 Å². The van der Waals surface area contributed by atoms with Gasteiger partial charge in [0.1, 0.15) is 0 Å². The van der Waals surface area contributed by atoms with Crippen LogP contribution in [0.3, 0.4) is 0 Å². The summed E-state index contributed by atoms with van der Waals surface area (Å²) in [5.41, 5.74) is 4.71. The zero-order valence-corrected chi connectivity index (χ0v) is 11.6. The lowest BCUT2D eigenvalue weighted by molar-refractivity contribution is -0.137. The van der Waals surface area contributed by atoms with E-state index in [1.807, 2.05) is 6.92 Å². The molecule has 0 spiro atoms. The second-order valence-electron chi connectivity index (χ2n) is 4.73. The Bertz CT molecular complexity index is 472. The van der Waals surface area contributed by atoms with E-state index >= 15 is 0 Å². The van der Waals surface area contributed by atoms with Crippen molar-refractivity contribution in [3.05, 3.63) is 29.3 Å². The molecule has 20 heavy (non-hydrogen) atoms. The molecule has 0 aliphatic carbocycles. The van der Waals surface area contributed by atoms with E-state index in [-0.39, 0.29) is 11.3 Å². The van der Waals surface area contributed by atoms with E-state index in [1.165, 1.54) is 4.90 Å². The first-order chi connectivity index (χ1) is 9.27. The fourth-order valence-corrected chi connectivity index (χ4v) is 1.82. The van der Waals surface area contributed by atoms with Gasteiger partial charge in [-0.3, -0.25) is 4.79 Å². The molecule has 3 nitrogen and oxygen atoms in total. The van der Waals surface area contributed by atoms with Gasteiger partial charge in [0.05, 0.1) is 11.1 Å². The Hall–Kier alpha value is -1.72. The second kappa shape index (κ2) is 6.63. The molecule has 0 saturated carbocycles. The van der Waals surface area contributed by atoms with Gasteiger partial charge >= 0.3 is 6.18 Å². The molecule has 0 aliphatic rings. The number of nitrogens with two attached hydrogens (primary N) is 1. The van der Waals surface area contributed by atoms with Crippen LogP contribution >= 0.6 is 0 Å². The number of anilines is 1. The monoisotopic (exact) mass is 288 g/mol. The zero-order chi connectivity index (χ0) is 15.3. The highest BCUT2D eigenvalue weighted by Crippen LogP contribution is 2.31. The lowest BCUT2D eigenvalue weighted by Crippen LogP contribution is -2.28. The van der Waals surface area contributed by atoms with Gasteiger partial charge < -0.3 is 10.6 Å². The van der Waals surface area contributed by atoms with E-state index in [0.29, 0.717) is 6.54 Å². The Morgan fingerprint density at radius 2 is 1.95 bits per heavy atom. The molecule has 0 aromatic heterocycles. The highest BCUT2D eigenvalue weighted by atomic mass is 19.4. The minimum absolute atomic E-state index is 0.0605. The largest absolute Gasteiger partial charge is 0.416 e. The summed E-state index contributed by atoms with van der Waals surface area (Å²) in [6.07, 6.45) is -1.69. The van der Waals surface area contributed by atoms with Crippen molar-refractivity contribution >= 4 is 11.6 Å². The summed E-state index contributed by atoms with van der Waals surface area (Å²) in [6.45, 7) is 2.54. The molecule has 0 heterocycles. The fraction of sp³-hybridized carbons (Fsp3) is 0.500. The van der Waals surface area contributed by atoms with E-state index in [9.17, 15) is 18.0 Å². The maximum Gasteiger partial charge on any atom is 0.416 e. The average molecular weight is 288 g/mol. The number of benzene rings is 1. The van der Waals surface area contributed by atoms with Crippen LogP contribution < -0.4 is 5.73 Å². The number of hydrogen-bond acceptors (Lipinski definition) is 2. The van der Waals surface area contributed by atoms with Crippen molar-refractivity contribution in [2.24, 2.45) is 0 Å². The van der Waals surface area contributed by atoms with Crippen molar-refractivity contribution in [3.63, 3.8) is 0 Å². The van der Waals surface area contributed by atoms with Crippen LogP contribution in [-0.4, -0.2) is 24.4 Å². The maximum absolute atomic E-state index is 12.6. The van der Waals surface area contributed by atoms with Crippen molar-refractivity contribution in [2.45, 2.75) is 32.4 Å². The van der Waals surface area contributed by atoms with Crippen LogP contribution in [0.2, 0.25) is 0 Å². The summed E-state index contributed by atoms with van der Waals surface area (Å²) in [7, 11) is 1.57. The second-order valence-corrected chi connectivity index (χ2v) is 4.73. The molecule has 0 radical (unpaired) electrons. The van der Waals surface area contributed by atoms with E-state index in [1.54, 1.807) is 7.05 Å². The van der Waals surface area contributed by atoms with Crippen molar-refractivity contribution in [1.82, 2.24) is 4.90 Å². The minimum atomic E-state index is -4.48. The molecule has 1 aromatic carbocycles. The Morgan fingerprint density at radius 1 is 1.30 bits per heavy atom. The number of nitrogen functional groups attached to an aromatic ring is 1. The Labute approximate surface area is 116 Å². The summed E-state index contributed by atoms with van der Waals surface area (Å²) in [5, 5.41) is 0. The van der Waals surface area contributed by atoms with Gasteiger partial charge in [-0.05, 0) is 24.6 Å². The van der Waals surface area contributed by atoms with Crippen LogP contribution in [0.25, 0.3) is 0 Å². The maximum atomic E-state index is 12.6. The first-order valence-electron chi connectivity index (χ1n) is 6.49. The molecule has 6 heteroatoms. The highest BCUT2D eigenvalue weighted by Gasteiger charge is 2.31. The van der Waals surface area contributed by atoms with Gasteiger partial charge in [0.25, 0.3) is 5.91 Å². The summed E-state index contributed by atoms with van der Waals surface area (Å²) >= 11 is 0. The molecule has 0 saturated heterocycles. The van der Waals surface area contributed by atoms with E-state index in [2.05, 4.69) is 0 Å². The number of halogens is 3. The number of alkyl halides is 3. The number of carbonyl (C=O) groups excluding carboxylic acids is 1. The van der Waals surface area contributed by atoms with Gasteiger partial charge in [-0.25, -0.2) is 0 Å². The molecule has 0 bridgehead atoms. The lowest BCUT2D eigenvalue weighted by atomic mass is 10.1. The van der Waals surface area contributed by atoms with Crippen molar-refractivity contribution in [3.8, 4) is 0 Å². The summed E-state index contributed by atoms with van der Waals surface area (Å²) in [5.74, 6) is -0.482. The van der Waals surface area contributed by atoms with Gasteiger partial charge in [-0.15, -0.1) is 0 Å². The van der Waals surface area contributed by atoms with Gasteiger partial charge in [0.2, 0.25) is 0 Å². The predicted octanol–water partition coefficient (Wildman–Crippen LogP) is 3.55. The first-order valence-corrected chi connectivity index (χ1v) is 6.49. The molecule has 0 unspecified atom stereocenters. The lowest BCUT2D eigenvalue weighted by Gasteiger charge is -2.19. The Morgan fingerprint density at radius 3 is 2.50 bits per heavy atom. The van der Waals surface area contributed by atoms with Crippen LogP contribution in [0, 0.1) is 0 Å². The zero-order valence-electron chi connectivity index (χ0n) is 11.6. The molecule has 1 rings (SSSR count). The summed E-state index contributed by atoms with van der Waals surface area (Å²) in [6, 6.07) is 2.81. The average Bonchev–Trinajstić information content (AvgIpc) is 2.37. The first kappa shape index (κ1) is 16.3. The summed E-state index contributed by atoms with van der Waals surface area (Å²) < 4.78 is 37.9. The SMILES string of the molecule is CCCCCN(C)C(=O)c1cc(C(F)(F)F)ccc1N. The molecule has 0 fully saturated rings. The minimum Gasteiger partial charge on any atom is -0.398 e. The van der Waals surface area contributed by atoms with Crippen LogP contribution in [0.5, 0.6) is 0 Å². The van der Waals surface area contributed by atoms with Crippen LogP contribution in [0.4, 0.5) is 18.9 Å². The number of amides is 1. The van der Waals surface area contributed by atoms with Crippen molar-refractivity contribution < 1.29 is 18.0 Å². The van der Waals surface area contributed by atoms with E-state index in [4.69, 9.17) is 5.73 Å². The Balaban J connectivity index is 2.92. The van der Waals surface area contributed by atoms with Gasteiger partial charge in [-0.1, -0.05) is 19.8 Å². The smallest absolute Gasteiger partial charge is 0.398 e. The third kappa shape index (κ3) is 4.15. The van der Waals surface area contributed by atoms with E-state index in [0.717, 1.165) is 37.5 Å². The number of rotatable bonds is 5. The predicted molar refractivity (Wildman–Crippen MR) is 72.3 cm³/mol. The molecule has 2 N–H and O–H groups in total. The number of carbonyl (C=O) groups is 1. The van der Waals surface area contributed by atoms with Gasteiger partial charge in [0, 0.05) is 19.3 Å².